The SMILES string of the molecule is CCC(N)c1ccn(CC(F)(F)c2ccccc2)c1. The number of aromatic nitrogens is 1. The highest BCUT2D eigenvalue weighted by molar-refractivity contribution is 5.21. The van der Waals surface area contributed by atoms with E-state index in [1.54, 1.807) is 36.7 Å². The standard InChI is InChI=1S/C15H18F2N2/c1-2-14(18)12-8-9-19(10-12)11-15(16,17)13-6-4-3-5-7-13/h3-10,14H,2,11,18H2,1H3. The number of nitrogens with zero attached hydrogens (tertiary/aromatic N) is 1. The third-order valence-corrected chi connectivity index (χ3v) is 3.22. The van der Waals surface area contributed by atoms with Crippen LogP contribution in [0.5, 0.6) is 0 Å². The lowest BCUT2D eigenvalue weighted by Gasteiger charge is -2.17. The van der Waals surface area contributed by atoms with Crippen molar-refractivity contribution < 1.29 is 8.78 Å². The monoisotopic (exact) mass is 264 g/mol. The second-order valence-electron chi connectivity index (χ2n) is 4.70. The molecule has 2 aromatic rings. The van der Waals surface area contributed by atoms with Gasteiger partial charge in [0.15, 0.2) is 0 Å². The summed E-state index contributed by atoms with van der Waals surface area (Å²) in [5.41, 5.74) is 6.81. The molecule has 0 radical (unpaired) electrons. The molecule has 1 aromatic carbocycles. The van der Waals surface area contributed by atoms with Crippen molar-refractivity contribution in [2.45, 2.75) is 31.9 Å². The van der Waals surface area contributed by atoms with Crippen molar-refractivity contribution in [3.63, 3.8) is 0 Å². The summed E-state index contributed by atoms with van der Waals surface area (Å²) >= 11 is 0. The van der Waals surface area contributed by atoms with E-state index >= 15 is 0 Å². The molecule has 0 bridgehead atoms. The Hall–Kier alpha value is -1.68. The van der Waals surface area contributed by atoms with Crippen LogP contribution in [-0.2, 0) is 12.5 Å². The molecular formula is C15H18F2N2. The van der Waals surface area contributed by atoms with E-state index in [2.05, 4.69) is 0 Å². The van der Waals surface area contributed by atoms with Gasteiger partial charge in [0.25, 0.3) is 5.92 Å². The highest BCUT2D eigenvalue weighted by Gasteiger charge is 2.31. The summed E-state index contributed by atoms with van der Waals surface area (Å²) in [5.74, 6) is -2.88. The van der Waals surface area contributed by atoms with Crippen LogP contribution < -0.4 is 5.73 Å². The van der Waals surface area contributed by atoms with Crippen LogP contribution in [-0.4, -0.2) is 4.57 Å². The van der Waals surface area contributed by atoms with Crippen molar-refractivity contribution in [2.75, 3.05) is 0 Å². The number of hydrogen-bond acceptors (Lipinski definition) is 1. The number of rotatable bonds is 5. The summed E-state index contributed by atoms with van der Waals surface area (Å²) in [6.07, 6.45) is 4.14. The van der Waals surface area contributed by atoms with E-state index in [1.165, 1.54) is 16.7 Å². The molecule has 1 unspecified atom stereocenters. The van der Waals surface area contributed by atoms with Crippen LogP contribution in [0.4, 0.5) is 8.78 Å². The van der Waals surface area contributed by atoms with Crippen LogP contribution in [0.3, 0.4) is 0 Å². The lowest BCUT2D eigenvalue weighted by molar-refractivity contribution is -0.0221. The maximum atomic E-state index is 14.1. The first-order valence-electron chi connectivity index (χ1n) is 6.37. The van der Waals surface area contributed by atoms with E-state index in [-0.39, 0.29) is 18.2 Å². The summed E-state index contributed by atoms with van der Waals surface area (Å²) in [4.78, 5) is 0. The molecule has 0 spiro atoms. The topological polar surface area (TPSA) is 30.9 Å². The van der Waals surface area contributed by atoms with Gasteiger partial charge in [-0.15, -0.1) is 0 Å². The third kappa shape index (κ3) is 3.20. The Morgan fingerprint density at radius 2 is 1.89 bits per heavy atom. The number of hydrogen-bond donors (Lipinski definition) is 1. The first kappa shape index (κ1) is 13.7. The molecule has 4 heteroatoms. The lowest BCUT2D eigenvalue weighted by atomic mass is 10.1. The van der Waals surface area contributed by atoms with Gasteiger partial charge in [0.05, 0.1) is 6.54 Å². The fraction of sp³-hybridized carbons (Fsp3) is 0.333. The van der Waals surface area contributed by atoms with Crippen molar-refractivity contribution in [1.29, 1.82) is 0 Å². The van der Waals surface area contributed by atoms with Crippen molar-refractivity contribution >= 4 is 0 Å². The van der Waals surface area contributed by atoms with Crippen LogP contribution in [0.2, 0.25) is 0 Å². The molecule has 2 N–H and O–H groups in total. The molecule has 0 saturated heterocycles. The molecule has 2 rings (SSSR count). The van der Waals surface area contributed by atoms with Crippen LogP contribution >= 0.6 is 0 Å². The van der Waals surface area contributed by atoms with Gasteiger partial charge < -0.3 is 10.3 Å². The van der Waals surface area contributed by atoms with Crippen molar-refractivity contribution in [2.24, 2.45) is 5.73 Å². The fourth-order valence-electron chi connectivity index (χ4n) is 2.02. The molecule has 1 heterocycles. The Kier molecular flexibility index (Phi) is 4.00. The van der Waals surface area contributed by atoms with Crippen LogP contribution in [0.15, 0.2) is 48.8 Å². The maximum absolute atomic E-state index is 14.1. The lowest BCUT2D eigenvalue weighted by Crippen LogP contribution is -2.20. The Bertz CT molecular complexity index is 520. The van der Waals surface area contributed by atoms with Crippen molar-refractivity contribution in [3.8, 4) is 0 Å². The Morgan fingerprint density at radius 3 is 2.53 bits per heavy atom. The van der Waals surface area contributed by atoms with Crippen molar-refractivity contribution in [1.82, 2.24) is 4.57 Å². The molecule has 1 atom stereocenters. The van der Waals surface area contributed by atoms with Crippen LogP contribution in [0.25, 0.3) is 0 Å². The third-order valence-electron chi connectivity index (χ3n) is 3.22. The normalized spacial score (nSPS) is 13.5. The largest absolute Gasteiger partial charge is 0.348 e. The second kappa shape index (κ2) is 5.53. The van der Waals surface area contributed by atoms with E-state index in [0.717, 1.165) is 12.0 Å². The minimum atomic E-state index is -2.88. The zero-order valence-corrected chi connectivity index (χ0v) is 10.9. The number of alkyl halides is 2. The van der Waals surface area contributed by atoms with Gasteiger partial charge in [-0.3, -0.25) is 0 Å². The summed E-state index contributed by atoms with van der Waals surface area (Å²) in [7, 11) is 0. The van der Waals surface area contributed by atoms with E-state index in [9.17, 15) is 8.78 Å². The van der Waals surface area contributed by atoms with E-state index in [4.69, 9.17) is 5.73 Å². The Morgan fingerprint density at radius 1 is 1.21 bits per heavy atom. The van der Waals surface area contributed by atoms with Gasteiger partial charge in [-0.2, -0.15) is 8.78 Å². The van der Waals surface area contributed by atoms with Gasteiger partial charge in [0.2, 0.25) is 0 Å². The fourth-order valence-corrected chi connectivity index (χ4v) is 2.02. The Labute approximate surface area is 111 Å². The molecule has 0 fully saturated rings. The smallest absolute Gasteiger partial charge is 0.290 e. The molecule has 0 amide bonds. The van der Waals surface area contributed by atoms with Crippen LogP contribution in [0, 0.1) is 0 Å². The molecule has 0 aliphatic heterocycles. The molecule has 0 saturated carbocycles. The first-order valence-corrected chi connectivity index (χ1v) is 6.37. The summed E-state index contributed by atoms with van der Waals surface area (Å²) in [6, 6.07) is 9.58. The average molecular weight is 264 g/mol. The minimum absolute atomic E-state index is 0.0324. The summed E-state index contributed by atoms with van der Waals surface area (Å²) in [5, 5.41) is 0. The number of halogens is 2. The molecule has 0 aliphatic carbocycles. The Balaban J connectivity index is 2.14. The minimum Gasteiger partial charge on any atom is -0.348 e. The molecule has 19 heavy (non-hydrogen) atoms. The number of benzene rings is 1. The first-order chi connectivity index (χ1) is 9.03. The molecular weight excluding hydrogens is 246 g/mol. The van der Waals surface area contributed by atoms with Gasteiger partial charge in [-0.1, -0.05) is 37.3 Å². The highest BCUT2D eigenvalue weighted by Crippen LogP contribution is 2.30. The average Bonchev–Trinajstić information content (AvgIpc) is 2.86. The van der Waals surface area contributed by atoms with E-state index in [1.807, 2.05) is 6.92 Å². The molecule has 2 nitrogen and oxygen atoms in total. The van der Waals surface area contributed by atoms with Gasteiger partial charge in [-0.05, 0) is 18.1 Å². The zero-order valence-electron chi connectivity index (χ0n) is 10.9. The van der Waals surface area contributed by atoms with Crippen LogP contribution in [0.1, 0.15) is 30.5 Å². The van der Waals surface area contributed by atoms with E-state index in [0.29, 0.717) is 0 Å². The molecule has 0 aliphatic rings. The zero-order chi connectivity index (χ0) is 13.9. The summed E-state index contributed by atoms with van der Waals surface area (Å²) in [6.45, 7) is 1.61. The van der Waals surface area contributed by atoms with Gasteiger partial charge in [0.1, 0.15) is 0 Å². The van der Waals surface area contributed by atoms with Gasteiger partial charge >= 0.3 is 0 Å². The quantitative estimate of drug-likeness (QED) is 0.877. The second-order valence-corrected chi connectivity index (χ2v) is 4.70. The molecule has 102 valence electrons. The highest BCUT2D eigenvalue weighted by atomic mass is 19.3. The predicted molar refractivity (Wildman–Crippen MR) is 72.0 cm³/mol. The summed E-state index contributed by atoms with van der Waals surface area (Å²) < 4.78 is 29.7. The van der Waals surface area contributed by atoms with Gasteiger partial charge in [-0.25, -0.2) is 0 Å². The molecule has 1 aromatic heterocycles. The van der Waals surface area contributed by atoms with Gasteiger partial charge in [0, 0.05) is 24.0 Å². The number of nitrogens with two attached hydrogens (primary N) is 1. The predicted octanol–water partition coefficient (Wildman–Crippen LogP) is 3.69. The van der Waals surface area contributed by atoms with Crippen molar-refractivity contribution in [3.05, 3.63) is 59.9 Å². The maximum Gasteiger partial charge on any atom is 0.290 e. The van der Waals surface area contributed by atoms with E-state index < -0.39 is 5.92 Å².